The van der Waals surface area contributed by atoms with Crippen LogP contribution in [0, 0.1) is 6.92 Å². The van der Waals surface area contributed by atoms with Crippen LogP contribution >= 0.6 is 0 Å². The zero-order valence-corrected chi connectivity index (χ0v) is 11.7. The Bertz CT molecular complexity index is 484. The van der Waals surface area contributed by atoms with E-state index in [0.29, 0.717) is 5.75 Å². The average Bonchev–Trinajstić information content (AvgIpc) is 2.27. The van der Waals surface area contributed by atoms with Crippen molar-refractivity contribution in [3.63, 3.8) is 0 Å². The molecule has 0 aliphatic carbocycles. The fraction of sp³-hybridized carbons (Fsp3) is 0.429. The first-order valence-electron chi connectivity index (χ1n) is 6.18. The molecule has 0 saturated heterocycles. The number of nitrogens with two attached hydrogens (primary N) is 1. The summed E-state index contributed by atoms with van der Waals surface area (Å²) in [6.07, 6.45) is -0.692. The zero-order valence-electron chi connectivity index (χ0n) is 11.7. The molecule has 1 atom stereocenters. The quantitative estimate of drug-likeness (QED) is 0.843. The summed E-state index contributed by atoms with van der Waals surface area (Å²) in [7, 11) is 0. The molecule has 1 rings (SSSR count). The van der Waals surface area contributed by atoms with Crippen LogP contribution in [0.25, 0.3) is 0 Å². The molecular formula is C14H20N2O3. The SMILES string of the molecule is Cc1ccc(C(N)=O)c(OC(C)C(=O)NC(C)C)c1. The molecule has 0 spiro atoms. The maximum absolute atomic E-state index is 11.8. The Morgan fingerprint density at radius 1 is 1.26 bits per heavy atom. The van der Waals surface area contributed by atoms with E-state index in [-0.39, 0.29) is 17.5 Å². The molecule has 0 aromatic heterocycles. The van der Waals surface area contributed by atoms with Gasteiger partial charge in [0, 0.05) is 6.04 Å². The highest BCUT2D eigenvalue weighted by Crippen LogP contribution is 2.21. The lowest BCUT2D eigenvalue weighted by Gasteiger charge is -2.18. The molecule has 1 aromatic rings. The Labute approximate surface area is 113 Å². The number of nitrogens with one attached hydrogen (secondary N) is 1. The van der Waals surface area contributed by atoms with Crippen LogP contribution in [0.4, 0.5) is 0 Å². The molecule has 0 saturated carbocycles. The number of hydrogen-bond donors (Lipinski definition) is 2. The highest BCUT2D eigenvalue weighted by atomic mass is 16.5. The molecule has 0 bridgehead atoms. The van der Waals surface area contributed by atoms with Crippen molar-refractivity contribution in [2.75, 3.05) is 0 Å². The second-order valence-electron chi connectivity index (χ2n) is 4.79. The molecule has 1 unspecified atom stereocenters. The van der Waals surface area contributed by atoms with Crippen LogP contribution in [0.5, 0.6) is 5.75 Å². The van der Waals surface area contributed by atoms with E-state index in [1.807, 2.05) is 20.8 Å². The lowest BCUT2D eigenvalue weighted by molar-refractivity contribution is -0.127. The van der Waals surface area contributed by atoms with E-state index < -0.39 is 12.0 Å². The van der Waals surface area contributed by atoms with Crippen molar-refractivity contribution in [1.29, 1.82) is 0 Å². The summed E-state index contributed by atoms with van der Waals surface area (Å²) in [6, 6.07) is 5.09. The Morgan fingerprint density at radius 2 is 1.89 bits per heavy atom. The van der Waals surface area contributed by atoms with Crippen molar-refractivity contribution in [1.82, 2.24) is 5.32 Å². The number of carbonyl (C=O) groups is 2. The highest BCUT2D eigenvalue weighted by molar-refractivity contribution is 5.95. The molecule has 0 radical (unpaired) electrons. The maximum Gasteiger partial charge on any atom is 0.260 e. The molecule has 0 heterocycles. The van der Waals surface area contributed by atoms with Crippen molar-refractivity contribution in [3.8, 4) is 5.75 Å². The van der Waals surface area contributed by atoms with E-state index in [4.69, 9.17) is 10.5 Å². The Hall–Kier alpha value is -2.04. The van der Waals surface area contributed by atoms with Gasteiger partial charge in [0.15, 0.2) is 6.10 Å². The molecule has 5 heteroatoms. The standard InChI is InChI=1S/C14H20N2O3/c1-8(2)16-14(18)10(4)19-12-7-9(3)5-6-11(12)13(15)17/h5-8,10H,1-4H3,(H2,15,17)(H,16,18). The summed E-state index contributed by atoms with van der Waals surface area (Å²) in [5.74, 6) is -0.475. The first kappa shape index (κ1) is 15.0. The molecule has 5 nitrogen and oxygen atoms in total. The van der Waals surface area contributed by atoms with Crippen LogP contribution in [-0.2, 0) is 4.79 Å². The Morgan fingerprint density at radius 3 is 2.42 bits per heavy atom. The number of rotatable bonds is 5. The van der Waals surface area contributed by atoms with E-state index in [0.717, 1.165) is 5.56 Å². The Kier molecular flexibility index (Phi) is 4.92. The molecular weight excluding hydrogens is 244 g/mol. The molecule has 104 valence electrons. The molecule has 1 aromatic carbocycles. The summed E-state index contributed by atoms with van der Waals surface area (Å²) in [5, 5.41) is 2.75. The van der Waals surface area contributed by atoms with E-state index >= 15 is 0 Å². The van der Waals surface area contributed by atoms with Crippen molar-refractivity contribution in [2.24, 2.45) is 5.73 Å². The molecule has 2 amide bonds. The van der Waals surface area contributed by atoms with E-state index in [2.05, 4.69) is 5.32 Å². The third-order valence-corrected chi connectivity index (χ3v) is 2.51. The number of primary amides is 1. The normalized spacial score (nSPS) is 12.1. The average molecular weight is 264 g/mol. The number of carbonyl (C=O) groups excluding carboxylic acids is 2. The second kappa shape index (κ2) is 6.22. The van der Waals surface area contributed by atoms with Gasteiger partial charge in [-0.1, -0.05) is 6.07 Å². The van der Waals surface area contributed by atoms with Crippen molar-refractivity contribution in [3.05, 3.63) is 29.3 Å². The fourth-order valence-electron chi connectivity index (χ4n) is 1.58. The van der Waals surface area contributed by atoms with Crippen molar-refractivity contribution >= 4 is 11.8 Å². The van der Waals surface area contributed by atoms with Gasteiger partial charge >= 0.3 is 0 Å². The summed E-state index contributed by atoms with van der Waals surface area (Å²) in [6.45, 7) is 7.24. The predicted octanol–water partition coefficient (Wildman–Crippen LogP) is 1.39. The van der Waals surface area contributed by atoms with E-state index in [9.17, 15) is 9.59 Å². The molecule has 3 N–H and O–H groups in total. The second-order valence-corrected chi connectivity index (χ2v) is 4.79. The predicted molar refractivity (Wildman–Crippen MR) is 73.1 cm³/mol. The van der Waals surface area contributed by atoms with Gasteiger partial charge in [0.2, 0.25) is 0 Å². The smallest absolute Gasteiger partial charge is 0.260 e. The lowest BCUT2D eigenvalue weighted by atomic mass is 10.1. The molecule has 0 aliphatic heterocycles. The Balaban J connectivity index is 2.89. The lowest BCUT2D eigenvalue weighted by Crippen LogP contribution is -2.40. The van der Waals surface area contributed by atoms with Gasteiger partial charge < -0.3 is 15.8 Å². The summed E-state index contributed by atoms with van der Waals surface area (Å²) in [4.78, 5) is 23.1. The van der Waals surface area contributed by atoms with Crippen LogP contribution in [0.2, 0.25) is 0 Å². The minimum absolute atomic E-state index is 0.0340. The third-order valence-electron chi connectivity index (χ3n) is 2.51. The van der Waals surface area contributed by atoms with Crippen LogP contribution in [0.3, 0.4) is 0 Å². The summed E-state index contributed by atoms with van der Waals surface area (Å²) < 4.78 is 5.54. The van der Waals surface area contributed by atoms with Crippen LogP contribution < -0.4 is 15.8 Å². The minimum Gasteiger partial charge on any atom is -0.480 e. The van der Waals surface area contributed by atoms with Crippen LogP contribution in [-0.4, -0.2) is 24.0 Å². The summed E-state index contributed by atoms with van der Waals surface area (Å²) >= 11 is 0. The first-order chi connectivity index (χ1) is 8.81. The molecule has 0 fully saturated rings. The zero-order chi connectivity index (χ0) is 14.6. The minimum atomic E-state index is -0.692. The van der Waals surface area contributed by atoms with Crippen molar-refractivity contribution in [2.45, 2.75) is 39.8 Å². The van der Waals surface area contributed by atoms with E-state index in [1.54, 1.807) is 25.1 Å². The number of ether oxygens (including phenoxy) is 1. The largest absolute Gasteiger partial charge is 0.480 e. The number of aryl methyl sites for hydroxylation is 1. The summed E-state index contributed by atoms with van der Waals surface area (Å²) in [5.41, 5.74) is 6.48. The number of benzene rings is 1. The molecule has 0 aliphatic rings. The van der Waals surface area contributed by atoms with Gasteiger partial charge in [-0.25, -0.2) is 0 Å². The van der Waals surface area contributed by atoms with Gasteiger partial charge in [0.05, 0.1) is 5.56 Å². The highest BCUT2D eigenvalue weighted by Gasteiger charge is 2.18. The van der Waals surface area contributed by atoms with Gasteiger partial charge in [0.1, 0.15) is 5.75 Å². The maximum atomic E-state index is 11.8. The van der Waals surface area contributed by atoms with Gasteiger partial charge in [-0.3, -0.25) is 9.59 Å². The topological polar surface area (TPSA) is 81.4 Å². The molecule has 19 heavy (non-hydrogen) atoms. The van der Waals surface area contributed by atoms with Crippen LogP contribution in [0.15, 0.2) is 18.2 Å². The first-order valence-corrected chi connectivity index (χ1v) is 6.18. The van der Waals surface area contributed by atoms with Gasteiger partial charge in [-0.05, 0) is 45.4 Å². The number of amides is 2. The van der Waals surface area contributed by atoms with E-state index in [1.165, 1.54) is 0 Å². The van der Waals surface area contributed by atoms with Gasteiger partial charge in [-0.2, -0.15) is 0 Å². The fourth-order valence-corrected chi connectivity index (χ4v) is 1.58. The van der Waals surface area contributed by atoms with Gasteiger partial charge in [0.25, 0.3) is 11.8 Å². The van der Waals surface area contributed by atoms with Crippen LogP contribution in [0.1, 0.15) is 36.7 Å². The third kappa shape index (κ3) is 4.28. The van der Waals surface area contributed by atoms with Crippen molar-refractivity contribution < 1.29 is 14.3 Å². The number of hydrogen-bond acceptors (Lipinski definition) is 3. The van der Waals surface area contributed by atoms with Gasteiger partial charge in [-0.15, -0.1) is 0 Å². The monoisotopic (exact) mass is 264 g/mol.